The number of anilines is 1. The Labute approximate surface area is 232 Å². The second-order valence-electron chi connectivity index (χ2n) is 9.98. The summed E-state index contributed by atoms with van der Waals surface area (Å²) in [6.07, 6.45) is 0.0100. The molecule has 5 N–H and O–H groups in total. The standard InChI is InChI=1S/C27H28F4N6O4/c1-40-20-5-4-16(28)9-18(20)26(39)34-10-15-3-2-14(8-19(15)29)23-22(25(33)38)24(32)37(35-23)21-6-7-36(13-27(21,30)31)17-11-41-12-17/h2-5,8-9,17,21H,6-7,10-13,32H2,1H3,(H2,33,38)(H,34,39). The largest absolute Gasteiger partial charge is 0.496 e. The van der Waals surface area contributed by atoms with Crippen molar-refractivity contribution in [3.63, 3.8) is 0 Å². The van der Waals surface area contributed by atoms with E-state index >= 15 is 13.2 Å². The number of benzene rings is 2. The fourth-order valence-corrected chi connectivity index (χ4v) is 5.10. The molecule has 0 saturated carbocycles. The fourth-order valence-electron chi connectivity index (χ4n) is 5.10. The van der Waals surface area contributed by atoms with Gasteiger partial charge in [-0.15, -0.1) is 0 Å². The second-order valence-corrected chi connectivity index (χ2v) is 9.98. The van der Waals surface area contributed by atoms with Crippen LogP contribution >= 0.6 is 0 Å². The molecule has 2 amide bonds. The molecule has 3 heterocycles. The fraction of sp³-hybridized carbons (Fsp3) is 0.370. The van der Waals surface area contributed by atoms with E-state index in [1.165, 1.54) is 25.3 Å². The summed E-state index contributed by atoms with van der Waals surface area (Å²) in [5.74, 6) is -6.54. The number of halogens is 4. The Morgan fingerprint density at radius 1 is 1.20 bits per heavy atom. The average molecular weight is 577 g/mol. The van der Waals surface area contributed by atoms with E-state index in [9.17, 15) is 14.0 Å². The van der Waals surface area contributed by atoms with Crippen LogP contribution in [0, 0.1) is 11.6 Å². The zero-order chi connectivity index (χ0) is 29.5. The van der Waals surface area contributed by atoms with Crippen molar-refractivity contribution >= 4 is 17.6 Å². The van der Waals surface area contributed by atoms with E-state index in [2.05, 4.69) is 10.4 Å². The van der Waals surface area contributed by atoms with Crippen LogP contribution in [-0.4, -0.2) is 71.9 Å². The number of nitrogens with two attached hydrogens (primary N) is 2. The number of rotatable bonds is 8. The quantitative estimate of drug-likeness (QED) is 0.351. The van der Waals surface area contributed by atoms with Gasteiger partial charge < -0.3 is 26.3 Å². The first-order valence-electron chi connectivity index (χ1n) is 12.8. The molecule has 1 unspecified atom stereocenters. The van der Waals surface area contributed by atoms with E-state index < -0.39 is 42.0 Å². The molecule has 10 nitrogen and oxygen atoms in total. The number of nitrogens with zero attached hydrogens (tertiary/aromatic N) is 3. The van der Waals surface area contributed by atoms with E-state index in [1.807, 2.05) is 0 Å². The molecule has 41 heavy (non-hydrogen) atoms. The molecule has 1 aromatic heterocycles. The zero-order valence-corrected chi connectivity index (χ0v) is 22.0. The number of carbonyl (C=O) groups is 2. The van der Waals surface area contributed by atoms with Gasteiger partial charge in [0.15, 0.2) is 0 Å². The van der Waals surface area contributed by atoms with Gasteiger partial charge in [-0.25, -0.2) is 22.2 Å². The lowest BCUT2D eigenvalue weighted by molar-refractivity contribution is -0.149. The summed E-state index contributed by atoms with van der Waals surface area (Å²) in [6.45, 7) is 0.352. The number of piperidine rings is 1. The van der Waals surface area contributed by atoms with Crippen molar-refractivity contribution in [2.75, 3.05) is 39.1 Å². The Bertz CT molecular complexity index is 1490. The van der Waals surface area contributed by atoms with Gasteiger partial charge in [0, 0.05) is 24.2 Å². The van der Waals surface area contributed by atoms with Crippen LogP contribution in [0.5, 0.6) is 5.75 Å². The number of hydrogen-bond acceptors (Lipinski definition) is 7. The zero-order valence-electron chi connectivity index (χ0n) is 22.0. The molecule has 2 fully saturated rings. The molecular weight excluding hydrogens is 548 g/mol. The summed E-state index contributed by atoms with van der Waals surface area (Å²) < 4.78 is 70.4. The van der Waals surface area contributed by atoms with Crippen molar-refractivity contribution in [1.82, 2.24) is 20.0 Å². The summed E-state index contributed by atoms with van der Waals surface area (Å²) in [5, 5.41) is 6.72. The highest BCUT2D eigenvalue weighted by Gasteiger charge is 2.49. The molecule has 2 aliphatic rings. The van der Waals surface area contributed by atoms with Crippen LogP contribution in [0.1, 0.15) is 38.7 Å². The molecule has 218 valence electrons. The lowest BCUT2D eigenvalue weighted by Gasteiger charge is -2.44. The third-order valence-corrected chi connectivity index (χ3v) is 7.39. The number of likely N-dealkylation sites (tertiary alicyclic amines) is 1. The summed E-state index contributed by atoms with van der Waals surface area (Å²) >= 11 is 0. The van der Waals surface area contributed by atoms with Gasteiger partial charge in [0.1, 0.15) is 40.5 Å². The molecule has 0 bridgehead atoms. The third-order valence-electron chi connectivity index (χ3n) is 7.39. The molecule has 2 aromatic carbocycles. The van der Waals surface area contributed by atoms with Gasteiger partial charge in [-0.2, -0.15) is 5.10 Å². The van der Waals surface area contributed by atoms with Gasteiger partial charge in [0.25, 0.3) is 17.7 Å². The second kappa shape index (κ2) is 11.0. The number of amides is 2. The van der Waals surface area contributed by atoms with Crippen molar-refractivity contribution in [1.29, 1.82) is 0 Å². The van der Waals surface area contributed by atoms with Crippen LogP contribution in [0.25, 0.3) is 11.3 Å². The van der Waals surface area contributed by atoms with Crippen LogP contribution < -0.4 is 21.5 Å². The number of nitrogen functional groups attached to an aromatic ring is 1. The molecule has 5 rings (SSSR count). The third kappa shape index (κ3) is 5.44. The van der Waals surface area contributed by atoms with Crippen molar-refractivity contribution < 1.29 is 36.6 Å². The molecule has 3 aromatic rings. The lowest BCUT2D eigenvalue weighted by atomic mass is 9.98. The number of carbonyl (C=O) groups excluding carboxylic acids is 2. The van der Waals surface area contributed by atoms with E-state index in [1.54, 1.807) is 4.90 Å². The Kier molecular flexibility index (Phi) is 7.62. The van der Waals surface area contributed by atoms with Crippen LogP contribution in [-0.2, 0) is 11.3 Å². The molecule has 14 heteroatoms. The van der Waals surface area contributed by atoms with Crippen LogP contribution in [0.15, 0.2) is 36.4 Å². The molecule has 0 spiro atoms. The Morgan fingerprint density at radius 3 is 2.56 bits per heavy atom. The van der Waals surface area contributed by atoms with Crippen molar-refractivity contribution in [2.45, 2.75) is 31.0 Å². The molecule has 0 radical (unpaired) electrons. The highest BCUT2D eigenvalue weighted by atomic mass is 19.3. The number of nitrogens with one attached hydrogen (secondary N) is 1. The first-order chi connectivity index (χ1) is 19.5. The summed E-state index contributed by atoms with van der Waals surface area (Å²) in [4.78, 5) is 26.5. The topological polar surface area (TPSA) is 138 Å². The monoisotopic (exact) mass is 576 g/mol. The molecule has 0 aliphatic carbocycles. The van der Waals surface area contributed by atoms with Crippen molar-refractivity contribution in [3.05, 3.63) is 64.7 Å². The van der Waals surface area contributed by atoms with E-state index in [0.717, 1.165) is 22.9 Å². The Balaban J connectivity index is 1.38. The van der Waals surface area contributed by atoms with Gasteiger partial charge in [-0.05, 0) is 30.7 Å². The smallest absolute Gasteiger partial charge is 0.282 e. The SMILES string of the molecule is COc1ccc(F)cc1C(=O)NCc1ccc(-c2nn(C3CCN(C4COC4)CC3(F)F)c(N)c2C(N)=O)cc1F. The maximum absolute atomic E-state index is 15.3. The number of aromatic nitrogens is 2. The Hall–Kier alpha value is -4.17. The first-order valence-corrected chi connectivity index (χ1v) is 12.8. The van der Waals surface area contributed by atoms with Gasteiger partial charge in [-0.1, -0.05) is 12.1 Å². The Morgan fingerprint density at radius 2 is 1.95 bits per heavy atom. The molecular formula is C27H28F4N6O4. The first kappa shape index (κ1) is 28.4. The number of ether oxygens (including phenoxy) is 2. The van der Waals surface area contributed by atoms with E-state index in [4.69, 9.17) is 20.9 Å². The highest BCUT2D eigenvalue weighted by Crippen LogP contribution is 2.41. The van der Waals surface area contributed by atoms with Crippen LogP contribution in [0.2, 0.25) is 0 Å². The lowest BCUT2D eigenvalue weighted by Crippen LogP contribution is -2.58. The highest BCUT2D eigenvalue weighted by molar-refractivity contribution is 6.03. The van der Waals surface area contributed by atoms with Gasteiger partial charge in [0.05, 0.1) is 38.5 Å². The summed E-state index contributed by atoms with van der Waals surface area (Å²) in [7, 11) is 1.33. The molecule has 1 atom stereocenters. The van der Waals surface area contributed by atoms with Gasteiger partial charge >= 0.3 is 0 Å². The minimum atomic E-state index is -3.22. The van der Waals surface area contributed by atoms with Crippen LogP contribution in [0.3, 0.4) is 0 Å². The van der Waals surface area contributed by atoms with E-state index in [0.29, 0.717) is 19.8 Å². The number of primary amides is 1. The predicted octanol–water partition coefficient (Wildman–Crippen LogP) is 2.73. The maximum atomic E-state index is 15.3. The minimum Gasteiger partial charge on any atom is -0.496 e. The average Bonchev–Trinajstić information content (AvgIpc) is 3.23. The normalized spacial score (nSPS) is 19.0. The van der Waals surface area contributed by atoms with Crippen molar-refractivity contribution in [2.24, 2.45) is 5.73 Å². The minimum absolute atomic E-state index is 0.0100. The maximum Gasteiger partial charge on any atom is 0.282 e. The molecule has 2 saturated heterocycles. The van der Waals surface area contributed by atoms with Crippen LogP contribution in [0.4, 0.5) is 23.4 Å². The summed E-state index contributed by atoms with van der Waals surface area (Å²) in [5.41, 5.74) is 11.3. The predicted molar refractivity (Wildman–Crippen MR) is 139 cm³/mol. The van der Waals surface area contributed by atoms with Gasteiger partial charge in [0.2, 0.25) is 0 Å². The molecule has 2 aliphatic heterocycles. The van der Waals surface area contributed by atoms with Crippen molar-refractivity contribution in [3.8, 4) is 17.0 Å². The van der Waals surface area contributed by atoms with E-state index in [-0.39, 0.29) is 58.5 Å². The number of hydrogen-bond donors (Lipinski definition) is 3. The number of alkyl halides is 2. The summed E-state index contributed by atoms with van der Waals surface area (Å²) in [6, 6.07) is 5.70. The number of methoxy groups -OCH3 is 1. The van der Waals surface area contributed by atoms with Gasteiger partial charge in [-0.3, -0.25) is 14.5 Å².